The zero-order valence-corrected chi connectivity index (χ0v) is 13.1. The highest BCUT2D eigenvalue weighted by Gasteiger charge is 2.09. The van der Waals surface area contributed by atoms with E-state index >= 15 is 0 Å². The molecule has 1 amide bonds. The van der Waals surface area contributed by atoms with Crippen LogP contribution in [0.1, 0.15) is 21.6 Å². The molecule has 0 fully saturated rings. The second kappa shape index (κ2) is 6.91. The summed E-state index contributed by atoms with van der Waals surface area (Å²) >= 11 is 0. The Morgan fingerprint density at radius 3 is 2.58 bits per heavy atom. The Balaban J connectivity index is 1.72. The molecule has 0 aliphatic rings. The molecule has 4 nitrogen and oxygen atoms in total. The van der Waals surface area contributed by atoms with Gasteiger partial charge >= 0.3 is 0 Å². The van der Waals surface area contributed by atoms with Crippen LogP contribution >= 0.6 is 0 Å². The molecule has 2 aromatic carbocycles. The smallest absolute Gasteiger partial charge is 0.274 e. The van der Waals surface area contributed by atoms with Gasteiger partial charge in [-0.15, -0.1) is 0 Å². The normalized spacial score (nSPS) is 10.9. The van der Waals surface area contributed by atoms with E-state index in [1.165, 1.54) is 24.4 Å². The Morgan fingerprint density at radius 2 is 1.83 bits per heavy atom. The number of amides is 1. The van der Waals surface area contributed by atoms with E-state index in [2.05, 4.69) is 10.5 Å². The highest BCUT2D eigenvalue weighted by atomic mass is 19.1. The summed E-state index contributed by atoms with van der Waals surface area (Å²) in [4.78, 5) is 11.9. The van der Waals surface area contributed by atoms with Gasteiger partial charge in [0.2, 0.25) is 0 Å². The summed E-state index contributed by atoms with van der Waals surface area (Å²) in [6, 6.07) is 17.7. The maximum atomic E-state index is 13.5. The number of para-hydroxylation sites is 1. The molecule has 0 saturated heterocycles. The molecular weight excluding hydrogens is 305 g/mol. The lowest BCUT2D eigenvalue weighted by Crippen LogP contribution is -2.18. The fraction of sp³-hybridized carbons (Fsp3) is 0.0526. The van der Waals surface area contributed by atoms with Crippen molar-refractivity contribution in [3.63, 3.8) is 0 Å². The Morgan fingerprint density at radius 1 is 1.12 bits per heavy atom. The van der Waals surface area contributed by atoms with Gasteiger partial charge < -0.3 is 4.57 Å². The Hall–Kier alpha value is -3.21. The van der Waals surface area contributed by atoms with Crippen molar-refractivity contribution in [1.82, 2.24) is 9.99 Å². The van der Waals surface area contributed by atoms with Crippen LogP contribution in [0.15, 0.2) is 72.0 Å². The zero-order chi connectivity index (χ0) is 16.9. The number of nitrogens with one attached hydrogen (secondary N) is 1. The topological polar surface area (TPSA) is 46.4 Å². The van der Waals surface area contributed by atoms with E-state index in [0.717, 1.165) is 16.9 Å². The predicted octanol–water partition coefficient (Wildman–Crippen LogP) is 3.69. The third-order valence-corrected chi connectivity index (χ3v) is 3.57. The average Bonchev–Trinajstić information content (AvgIpc) is 2.96. The molecule has 0 spiro atoms. The minimum atomic E-state index is -0.580. The Labute approximate surface area is 139 Å². The van der Waals surface area contributed by atoms with Gasteiger partial charge in [0.15, 0.2) is 0 Å². The number of nitrogens with zero attached hydrogens (tertiary/aromatic N) is 2. The molecule has 1 heterocycles. The lowest BCUT2D eigenvalue weighted by molar-refractivity contribution is 0.0951. The van der Waals surface area contributed by atoms with Crippen LogP contribution in [0.25, 0.3) is 5.69 Å². The molecule has 0 saturated carbocycles. The number of carbonyl (C=O) groups excluding carboxylic acids is 1. The molecule has 0 radical (unpaired) electrons. The van der Waals surface area contributed by atoms with E-state index in [1.54, 1.807) is 6.07 Å². The van der Waals surface area contributed by atoms with Crippen molar-refractivity contribution in [2.75, 3.05) is 0 Å². The quantitative estimate of drug-likeness (QED) is 0.578. The SMILES string of the molecule is Cc1cc(/C=N\NC(=O)c2ccccc2F)cn1-c1ccccc1. The molecule has 0 bridgehead atoms. The van der Waals surface area contributed by atoms with Gasteiger partial charge in [0.25, 0.3) is 5.91 Å². The van der Waals surface area contributed by atoms with Crippen molar-refractivity contribution in [2.45, 2.75) is 6.92 Å². The number of hydrogen-bond acceptors (Lipinski definition) is 2. The fourth-order valence-electron chi connectivity index (χ4n) is 2.41. The first-order chi connectivity index (χ1) is 11.6. The van der Waals surface area contributed by atoms with Crippen molar-refractivity contribution in [1.29, 1.82) is 0 Å². The van der Waals surface area contributed by atoms with Gasteiger partial charge in [0.1, 0.15) is 5.82 Å². The van der Waals surface area contributed by atoms with Crippen LogP contribution in [0, 0.1) is 12.7 Å². The van der Waals surface area contributed by atoms with Gasteiger partial charge in [-0.05, 0) is 37.3 Å². The number of hydrazone groups is 1. The van der Waals surface area contributed by atoms with E-state index in [0.29, 0.717) is 0 Å². The largest absolute Gasteiger partial charge is 0.321 e. The highest BCUT2D eigenvalue weighted by molar-refractivity contribution is 5.95. The van der Waals surface area contributed by atoms with E-state index in [4.69, 9.17) is 0 Å². The van der Waals surface area contributed by atoms with E-state index < -0.39 is 11.7 Å². The van der Waals surface area contributed by atoms with Gasteiger partial charge in [0.05, 0.1) is 11.8 Å². The number of rotatable bonds is 4. The molecule has 5 heteroatoms. The third kappa shape index (κ3) is 3.41. The first-order valence-corrected chi connectivity index (χ1v) is 7.47. The van der Waals surface area contributed by atoms with E-state index in [1.807, 2.05) is 54.1 Å². The number of carbonyl (C=O) groups is 1. The van der Waals surface area contributed by atoms with Gasteiger partial charge in [-0.2, -0.15) is 5.10 Å². The number of halogens is 1. The summed E-state index contributed by atoms with van der Waals surface area (Å²) in [7, 11) is 0. The number of aromatic nitrogens is 1. The number of benzene rings is 2. The molecule has 1 N–H and O–H groups in total. The van der Waals surface area contributed by atoms with Crippen LogP contribution in [0.4, 0.5) is 4.39 Å². The number of hydrogen-bond donors (Lipinski definition) is 1. The molecule has 120 valence electrons. The van der Waals surface area contributed by atoms with Crippen LogP contribution in [0.3, 0.4) is 0 Å². The van der Waals surface area contributed by atoms with Gasteiger partial charge in [-0.1, -0.05) is 30.3 Å². The summed E-state index contributed by atoms with van der Waals surface area (Å²) in [5.74, 6) is -1.15. The lowest BCUT2D eigenvalue weighted by Gasteiger charge is -2.04. The average molecular weight is 321 g/mol. The second-order valence-electron chi connectivity index (χ2n) is 5.30. The van der Waals surface area contributed by atoms with E-state index in [-0.39, 0.29) is 5.56 Å². The third-order valence-electron chi connectivity index (χ3n) is 3.57. The summed E-state index contributed by atoms with van der Waals surface area (Å²) in [6.45, 7) is 1.99. The minimum Gasteiger partial charge on any atom is -0.321 e. The monoisotopic (exact) mass is 321 g/mol. The molecule has 0 aliphatic heterocycles. The van der Waals surface area contributed by atoms with Crippen LogP contribution in [-0.2, 0) is 0 Å². The van der Waals surface area contributed by atoms with Crippen molar-refractivity contribution < 1.29 is 9.18 Å². The van der Waals surface area contributed by atoms with Gasteiger partial charge in [-0.3, -0.25) is 4.79 Å². The fourth-order valence-corrected chi connectivity index (χ4v) is 2.41. The van der Waals surface area contributed by atoms with Crippen molar-refractivity contribution >= 4 is 12.1 Å². The minimum absolute atomic E-state index is 0.0345. The Bertz CT molecular complexity index is 885. The van der Waals surface area contributed by atoms with Crippen LogP contribution < -0.4 is 5.43 Å². The van der Waals surface area contributed by atoms with Crippen molar-refractivity contribution in [3.8, 4) is 5.69 Å². The lowest BCUT2D eigenvalue weighted by atomic mass is 10.2. The number of aryl methyl sites for hydroxylation is 1. The molecule has 1 aromatic heterocycles. The molecule has 0 unspecified atom stereocenters. The molecule has 0 atom stereocenters. The second-order valence-corrected chi connectivity index (χ2v) is 5.30. The van der Waals surface area contributed by atoms with Gasteiger partial charge in [0, 0.05) is 23.1 Å². The van der Waals surface area contributed by atoms with E-state index in [9.17, 15) is 9.18 Å². The molecule has 3 rings (SSSR count). The maximum absolute atomic E-state index is 13.5. The van der Waals surface area contributed by atoms with Crippen molar-refractivity contribution in [2.24, 2.45) is 5.10 Å². The summed E-state index contributed by atoms with van der Waals surface area (Å²) in [5.41, 5.74) is 5.23. The molecule has 24 heavy (non-hydrogen) atoms. The van der Waals surface area contributed by atoms with Crippen LogP contribution in [0.2, 0.25) is 0 Å². The first-order valence-electron chi connectivity index (χ1n) is 7.47. The zero-order valence-electron chi connectivity index (χ0n) is 13.1. The predicted molar refractivity (Wildman–Crippen MR) is 92.0 cm³/mol. The highest BCUT2D eigenvalue weighted by Crippen LogP contribution is 2.14. The van der Waals surface area contributed by atoms with Crippen molar-refractivity contribution in [3.05, 3.63) is 89.5 Å². The van der Waals surface area contributed by atoms with Crippen LogP contribution in [0.5, 0.6) is 0 Å². The molecule has 0 aliphatic carbocycles. The first kappa shape index (κ1) is 15.7. The van der Waals surface area contributed by atoms with Gasteiger partial charge in [-0.25, -0.2) is 9.82 Å². The summed E-state index contributed by atoms with van der Waals surface area (Å²) < 4.78 is 15.5. The molecule has 3 aromatic rings. The Kier molecular flexibility index (Phi) is 4.52. The molecular formula is C19H16FN3O. The summed E-state index contributed by atoms with van der Waals surface area (Å²) in [6.07, 6.45) is 3.45. The summed E-state index contributed by atoms with van der Waals surface area (Å²) in [5, 5.41) is 3.90. The standard InChI is InChI=1S/C19H16FN3O/c1-14-11-15(13-23(14)16-7-3-2-4-8-16)12-21-22-19(24)17-9-5-6-10-18(17)20/h2-13H,1H3,(H,22,24)/b21-12-. The van der Waals surface area contributed by atoms with Crippen LogP contribution in [-0.4, -0.2) is 16.7 Å². The maximum Gasteiger partial charge on any atom is 0.274 e.